The fraction of sp³-hybridized carbons (Fsp3) is 0.381. The number of H-pyrrole nitrogens is 1. The number of carbonyl (C=O) groups excluding carboxylic acids is 1. The SMILES string of the molecule is O=C(Cc1c[nH]c2ccccc12)N1CC(Cn2nc3c(cc2=O)CSCC3)C1. The Morgan fingerprint density at radius 1 is 1.29 bits per heavy atom. The van der Waals surface area contributed by atoms with Crippen molar-refractivity contribution in [2.75, 3.05) is 18.8 Å². The lowest BCUT2D eigenvalue weighted by molar-refractivity contribution is -0.137. The van der Waals surface area contributed by atoms with Crippen LogP contribution in [0.4, 0.5) is 0 Å². The average Bonchev–Trinajstić information content (AvgIpc) is 3.07. The van der Waals surface area contributed by atoms with Crippen LogP contribution in [-0.2, 0) is 29.9 Å². The van der Waals surface area contributed by atoms with Gasteiger partial charge >= 0.3 is 0 Å². The number of fused-ring (bicyclic) bond motifs is 2. The smallest absolute Gasteiger partial charge is 0.267 e. The van der Waals surface area contributed by atoms with E-state index in [9.17, 15) is 9.59 Å². The molecular weight excluding hydrogens is 372 g/mol. The summed E-state index contributed by atoms with van der Waals surface area (Å²) in [5, 5.41) is 5.69. The summed E-state index contributed by atoms with van der Waals surface area (Å²) in [5.41, 5.74) is 4.22. The monoisotopic (exact) mass is 394 g/mol. The first-order valence-electron chi connectivity index (χ1n) is 9.68. The molecule has 2 aromatic heterocycles. The van der Waals surface area contributed by atoms with Gasteiger partial charge in [0.25, 0.3) is 5.56 Å². The molecule has 1 aromatic carbocycles. The van der Waals surface area contributed by atoms with Gasteiger partial charge in [-0.15, -0.1) is 0 Å². The molecule has 1 fully saturated rings. The Labute approximate surface area is 166 Å². The quantitative estimate of drug-likeness (QED) is 0.737. The third kappa shape index (κ3) is 3.24. The lowest BCUT2D eigenvalue weighted by atomic mass is 9.98. The highest BCUT2D eigenvalue weighted by atomic mass is 32.2. The number of thioether (sulfide) groups is 1. The third-order valence-electron chi connectivity index (χ3n) is 5.66. The first-order chi connectivity index (χ1) is 13.7. The molecule has 0 spiro atoms. The van der Waals surface area contributed by atoms with E-state index in [-0.39, 0.29) is 11.5 Å². The molecule has 6 nitrogen and oxygen atoms in total. The lowest BCUT2D eigenvalue weighted by Crippen LogP contribution is -2.52. The second kappa shape index (κ2) is 7.13. The normalized spacial score (nSPS) is 16.8. The molecule has 1 saturated heterocycles. The van der Waals surface area contributed by atoms with Gasteiger partial charge in [0.05, 0.1) is 18.7 Å². The van der Waals surface area contributed by atoms with Gasteiger partial charge in [-0.25, -0.2) is 4.68 Å². The molecule has 0 atom stereocenters. The number of hydrogen-bond acceptors (Lipinski definition) is 4. The van der Waals surface area contributed by atoms with Crippen LogP contribution >= 0.6 is 11.8 Å². The highest BCUT2D eigenvalue weighted by Gasteiger charge is 2.31. The highest BCUT2D eigenvalue weighted by Crippen LogP contribution is 2.24. The van der Waals surface area contributed by atoms with E-state index in [1.54, 1.807) is 10.7 Å². The Bertz CT molecular complexity index is 1100. The van der Waals surface area contributed by atoms with Gasteiger partial charge in [0, 0.05) is 54.3 Å². The molecule has 1 amide bonds. The largest absolute Gasteiger partial charge is 0.361 e. The molecule has 1 N–H and O–H groups in total. The van der Waals surface area contributed by atoms with Crippen molar-refractivity contribution in [1.82, 2.24) is 19.7 Å². The minimum absolute atomic E-state index is 0.0233. The van der Waals surface area contributed by atoms with Crippen molar-refractivity contribution in [3.63, 3.8) is 0 Å². The Kier molecular flexibility index (Phi) is 4.47. The van der Waals surface area contributed by atoms with Crippen LogP contribution in [0.2, 0.25) is 0 Å². The number of nitrogens with one attached hydrogen (secondary N) is 1. The second-order valence-corrected chi connectivity index (χ2v) is 8.75. The zero-order valence-corrected chi connectivity index (χ0v) is 16.4. The number of aromatic amines is 1. The third-order valence-corrected chi connectivity index (χ3v) is 6.67. The van der Waals surface area contributed by atoms with Crippen LogP contribution in [0.3, 0.4) is 0 Å². The fourth-order valence-corrected chi connectivity index (χ4v) is 5.02. The molecule has 144 valence electrons. The van der Waals surface area contributed by atoms with Gasteiger partial charge in [-0.05, 0) is 22.9 Å². The summed E-state index contributed by atoms with van der Waals surface area (Å²) in [6.45, 7) is 1.99. The van der Waals surface area contributed by atoms with Gasteiger partial charge in [-0.1, -0.05) is 18.2 Å². The number of hydrogen-bond donors (Lipinski definition) is 1. The fourth-order valence-electron chi connectivity index (χ4n) is 4.07. The number of likely N-dealkylation sites (tertiary alicyclic amines) is 1. The number of rotatable bonds is 4. The minimum Gasteiger partial charge on any atom is -0.361 e. The summed E-state index contributed by atoms with van der Waals surface area (Å²) in [4.78, 5) is 30.0. The summed E-state index contributed by atoms with van der Waals surface area (Å²) in [6, 6.07) is 9.78. The van der Waals surface area contributed by atoms with Gasteiger partial charge < -0.3 is 9.88 Å². The number of amides is 1. The van der Waals surface area contributed by atoms with E-state index < -0.39 is 0 Å². The molecule has 2 aliphatic heterocycles. The van der Waals surface area contributed by atoms with Crippen LogP contribution < -0.4 is 5.56 Å². The van der Waals surface area contributed by atoms with Crippen LogP contribution in [0.1, 0.15) is 16.8 Å². The molecular formula is C21H22N4O2S. The minimum atomic E-state index is -0.0233. The average molecular weight is 395 g/mol. The summed E-state index contributed by atoms with van der Waals surface area (Å²) in [6.07, 6.45) is 3.26. The van der Waals surface area contributed by atoms with Crippen molar-refractivity contribution >= 4 is 28.6 Å². The van der Waals surface area contributed by atoms with Gasteiger partial charge in [0.2, 0.25) is 5.91 Å². The lowest BCUT2D eigenvalue weighted by Gasteiger charge is -2.39. The molecule has 28 heavy (non-hydrogen) atoms. The molecule has 3 aromatic rings. The summed E-state index contributed by atoms with van der Waals surface area (Å²) >= 11 is 1.85. The van der Waals surface area contributed by atoms with Gasteiger partial charge in [-0.3, -0.25) is 9.59 Å². The molecule has 0 radical (unpaired) electrons. The number of aryl methyl sites for hydroxylation is 1. The second-order valence-electron chi connectivity index (χ2n) is 7.64. The molecule has 7 heteroatoms. The number of benzene rings is 1. The van der Waals surface area contributed by atoms with E-state index in [1.807, 2.05) is 47.1 Å². The van der Waals surface area contributed by atoms with Crippen molar-refractivity contribution < 1.29 is 4.79 Å². The maximum Gasteiger partial charge on any atom is 0.267 e. The summed E-state index contributed by atoms with van der Waals surface area (Å²) in [7, 11) is 0. The molecule has 5 rings (SSSR count). The summed E-state index contributed by atoms with van der Waals surface area (Å²) < 4.78 is 1.60. The molecule has 2 aliphatic rings. The zero-order chi connectivity index (χ0) is 19.1. The van der Waals surface area contributed by atoms with Crippen LogP contribution in [0.25, 0.3) is 10.9 Å². The van der Waals surface area contributed by atoms with E-state index in [0.29, 0.717) is 32.0 Å². The molecule has 0 aliphatic carbocycles. The number of para-hydroxylation sites is 1. The maximum atomic E-state index is 12.6. The van der Waals surface area contributed by atoms with Crippen molar-refractivity contribution in [3.05, 3.63) is 63.7 Å². The Morgan fingerprint density at radius 2 is 2.14 bits per heavy atom. The number of nitrogens with zero attached hydrogens (tertiary/aromatic N) is 3. The van der Waals surface area contributed by atoms with E-state index in [1.165, 1.54) is 0 Å². The number of carbonyl (C=O) groups is 1. The van der Waals surface area contributed by atoms with E-state index in [4.69, 9.17) is 0 Å². The Balaban J connectivity index is 1.21. The predicted molar refractivity (Wildman–Crippen MR) is 110 cm³/mol. The standard InChI is InChI=1S/C21H22N4O2S/c26-20(7-15-9-22-19-4-2-1-3-17(15)19)24-10-14(11-24)12-25-21(27)8-16-13-28-6-5-18(16)23-25/h1-4,8-9,14,22H,5-7,10-13H2. The van der Waals surface area contributed by atoms with Crippen LogP contribution in [-0.4, -0.2) is 44.4 Å². The molecule has 0 saturated carbocycles. The highest BCUT2D eigenvalue weighted by molar-refractivity contribution is 7.98. The van der Waals surface area contributed by atoms with Gasteiger partial charge in [0.1, 0.15) is 0 Å². The van der Waals surface area contributed by atoms with Crippen molar-refractivity contribution in [2.24, 2.45) is 5.92 Å². The van der Waals surface area contributed by atoms with Crippen LogP contribution in [0, 0.1) is 5.92 Å². The molecule has 0 bridgehead atoms. The van der Waals surface area contributed by atoms with E-state index >= 15 is 0 Å². The Hall–Kier alpha value is -2.54. The zero-order valence-electron chi connectivity index (χ0n) is 15.6. The van der Waals surface area contributed by atoms with E-state index in [0.717, 1.165) is 45.7 Å². The van der Waals surface area contributed by atoms with Crippen molar-refractivity contribution in [1.29, 1.82) is 0 Å². The van der Waals surface area contributed by atoms with Crippen LogP contribution in [0.5, 0.6) is 0 Å². The van der Waals surface area contributed by atoms with Gasteiger partial charge in [0.15, 0.2) is 0 Å². The van der Waals surface area contributed by atoms with Gasteiger partial charge in [-0.2, -0.15) is 16.9 Å². The summed E-state index contributed by atoms with van der Waals surface area (Å²) in [5.74, 6) is 2.40. The van der Waals surface area contributed by atoms with Crippen molar-refractivity contribution in [2.45, 2.75) is 25.1 Å². The first kappa shape index (κ1) is 17.6. The first-order valence-corrected chi connectivity index (χ1v) is 10.8. The Morgan fingerprint density at radius 3 is 3.04 bits per heavy atom. The van der Waals surface area contributed by atoms with E-state index in [2.05, 4.69) is 10.1 Å². The topological polar surface area (TPSA) is 71.0 Å². The molecule has 4 heterocycles. The number of aromatic nitrogens is 3. The van der Waals surface area contributed by atoms with Crippen LogP contribution in [0.15, 0.2) is 41.3 Å². The molecule has 0 unspecified atom stereocenters. The predicted octanol–water partition coefficient (Wildman–Crippen LogP) is 2.21. The maximum absolute atomic E-state index is 12.6. The van der Waals surface area contributed by atoms with Crippen molar-refractivity contribution in [3.8, 4) is 0 Å².